The van der Waals surface area contributed by atoms with E-state index in [1.165, 1.54) is 0 Å². The van der Waals surface area contributed by atoms with Crippen LogP contribution in [-0.4, -0.2) is 28.7 Å². The van der Waals surface area contributed by atoms with Crippen molar-refractivity contribution < 1.29 is 9.90 Å². The second-order valence-corrected chi connectivity index (χ2v) is 9.29. The summed E-state index contributed by atoms with van der Waals surface area (Å²) in [7, 11) is 1.80. The third-order valence-corrected chi connectivity index (χ3v) is 7.17. The van der Waals surface area contributed by atoms with Crippen molar-refractivity contribution in [2.75, 3.05) is 23.3 Å². The summed E-state index contributed by atoms with van der Waals surface area (Å²) in [6, 6.07) is 15.0. The third-order valence-electron chi connectivity index (χ3n) is 7.17. The molecule has 2 aromatic carbocycles. The predicted octanol–water partition coefficient (Wildman–Crippen LogP) is 3.92. The van der Waals surface area contributed by atoms with Crippen LogP contribution in [0, 0.1) is 36.0 Å². The number of nitriles is 1. The smallest absolute Gasteiger partial charge is 0.337 e. The number of nitrogens with one attached hydrogen (secondary N) is 1. The minimum absolute atomic E-state index is 0.0528. The molecule has 1 aliphatic carbocycles. The van der Waals surface area contributed by atoms with Gasteiger partial charge in [0.05, 0.1) is 17.6 Å². The molecule has 7 heteroatoms. The number of fused-ring (bicyclic) bond motifs is 2. The molecule has 0 bridgehead atoms. The quantitative estimate of drug-likeness (QED) is 0.621. The summed E-state index contributed by atoms with van der Waals surface area (Å²) in [5.41, 5.74) is 2.62. The molecule has 3 aromatic rings. The highest BCUT2D eigenvalue weighted by molar-refractivity contribution is 5.94. The van der Waals surface area contributed by atoms with E-state index in [2.05, 4.69) is 28.4 Å². The number of hydrogen-bond acceptors (Lipinski definition) is 5. The van der Waals surface area contributed by atoms with Crippen LogP contribution in [0.2, 0.25) is 0 Å². The van der Waals surface area contributed by atoms with E-state index in [9.17, 15) is 20.0 Å². The Balaban J connectivity index is 1.57. The number of anilines is 2. The predicted molar refractivity (Wildman–Crippen MR) is 128 cm³/mol. The topological polar surface area (TPSA) is 98.4 Å². The number of carbonyl (C=O) groups is 1. The Labute approximate surface area is 191 Å². The van der Waals surface area contributed by atoms with Crippen molar-refractivity contribution in [1.29, 1.82) is 5.26 Å². The van der Waals surface area contributed by atoms with Gasteiger partial charge in [0.1, 0.15) is 5.82 Å². The monoisotopic (exact) mass is 442 g/mol. The first-order valence-corrected chi connectivity index (χ1v) is 11.2. The second-order valence-electron chi connectivity index (χ2n) is 9.29. The third kappa shape index (κ3) is 3.43. The van der Waals surface area contributed by atoms with Gasteiger partial charge in [-0.2, -0.15) is 5.26 Å². The Morgan fingerprint density at radius 1 is 1.18 bits per heavy atom. The molecule has 2 heterocycles. The number of carboxylic acids is 1. The molecule has 1 saturated carbocycles. The Morgan fingerprint density at radius 3 is 2.55 bits per heavy atom. The molecule has 2 N–H and O–H groups in total. The molecular weight excluding hydrogens is 416 g/mol. The van der Waals surface area contributed by atoms with Gasteiger partial charge in [-0.15, -0.1) is 0 Å². The van der Waals surface area contributed by atoms with Crippen molar-refractivity contribution in [3.05, 3.63) is 69.5 Å². The number of benzene rings is 2. The number of piperidine rings is 1. The lowest BCUT2D eigenvalue weighted by molar-refractivity contribution is 0.0698. The molecule has 0 spiro atoms. The maximum absolute atomic E-state index is 13.3. The molecule has 1 saturated heterocycles. The average Bonchev–Trinajstić information content (AvgIpc) is 3.26. The largest absolute Gasteiger partial charge is 0.478 e. The number of carboxylic acid groups (broad SMARTS) is 1. The summed E-state index contributed by atoms with van der Waals surface area (Å²) in [6.45, 7) is 5.53. The molecule has 5 rings (SSSR count). The van der Waals surface area contributed by atoms with E-state index >= 15 is 0 Å². The van der Waals surface area contributed by atoms with Crippen molar-refractivity contribution in [3.8, 4) is 6.07 Å². The van der Waals surface area contributed by atoms with Crippen LogP contribution in [0.25, 0.3) is 10.8 Å². The van der Waals surface area contributed by atoms with E-state index < -0.39 is 5.97 Å². The Kier molecular flexibility index (Phi) is 4.89. The Hall–Kier alpha value is -3.79. The van der Waals surface area contributed by atoms with Gasteiger partial charge in [0.2, 0.25) is 0 Å². The fourth-order valence-corrected chi connectivity index (χ4v) is 5.35. The number of para-hydroxylation sites is 1. The van der Waals surface area contributed by atoms with Gasteiger partial charge in [-0.05, 0) is 66.5 Å². The SMILES string of the molecule is Cc1cc(C(C)Nc2ccccc2C(=O)O)c2cc(N3C[C@@H]4C(C#N)[C@@H]4C3)n(C)c(=O)c2c1. The van der Waals surface area contributed by atoms with Crippen LogP contribution < -0.4 is 15.8 Å². The van der Waals surface area contributed by atoms with E-state index in [-0.39, 0.29) is 23.1 Å². The van der Waals surface area contributed by atoms with E-state index in [1.54, 1.807) is 35.9 Å². The summed E-state index contributed by atoms with van der Waals surface area (Å²) in [5, 5.41) is 23.6. The fourth-order valence-electron chi connectivity index (χ4n) is 5.35. The standard InChI is InChI=1S/C26H26N4O3/c1-14-8-17(15(2)28-23-7-5-4-6-16(23)26(32)33)18-10-24(29(3)25(31)19(18)9-14)30-12-21-20(11-27)22(21)13-30/h4-10,15,20-22,28H,12-13H2,1-3H3,(H,32,33)/t15?,20?,21-,22+. The van der Waals surface area contributed by atoms with Gasteiger partial charge in [0.25, 0.3) is 5.56 Å². The summed E-state index contributed by atoms with van der Waals surface area (Å²) in [4.78, 5) is 27.2. The summed E-state index contributed by atoms with van der Waals surface area (Å²) >= 11 is 0. The van der Waals surface area contributed by atoms with Crippen LogP contribution >= 0.6 is 0 Å². The molecule has 1 aliphatic heterocycles. The molecule has 0 amide bonds. The number of aromatic carboxylic acids is 1. The number of rotatable bonds is 5. The van der Waals surface area contributed by atoms with Crippen molar-refractivity contribution in [2.45, 2.75) is 19.9 Å². The molecule has 4 atom stereocenters. The average molecular weight is 443 g/mol. The number of nitrogens with zero attached hydrogens (tertiary/aromatic N) is 3. The van der Waals surface area contributed by atoms with Crippen LogP contribution in [0.15, 0.2) is 47.3 Å². The minimum Gasteiger partial charge on any atom is -0.478 e. The molecule has 33 heavy (non-hydrogen) atoms. The van der Waals surface area contributed by atoms with Gasteiger partial charge in [-0.3, -0.25) is 9.36 Å². The highest BCUT2D eigenvalue weighted by Gasteiger charge is 2.56. The number of aryl methyl sites for hydroxylation is 1. The first-order chi connectivity index (χ1) is 15.8. The lowest BCUT2D eigenvalue weighted by Crippen LogP contribution is -2.31. The van der Waals surface area contributed by atoms with Gasteiger partial charge in [-0.25, -0.2) is 4.79 Å². The van der Waals surface area contributed by atoms with E-state index in [1.807, 2.05) is 19.9 Å². The normalized spacial score (nSPS) is 22.0. The Bertz CT molecular complexity index is 1370. The van der Waals surface area contributed by atoms with Gasteiger partial charge in [-0.1, -0.05) is 18.2 Å². The first kappa shape index (κ1) is 21.1. The van der Waals surface area contributed by atoms with Crippen molar-refractivity contribution in [3.63, 3.8) is 0 Å². The van der Waals surface area contributed by atoms with Crippen LogP contribution in [0.5, 0.6) is 0 Å². The summed E-state index contributed by atoms with van der Waals surface area (Å²) in [5.74, 6) is 0.812. The lowest BCUT2D eigenvalue weighted by Gasteiger charge is -2.25. The van der Waals surface area contributed by atoms with Crippen molar-refractivity contribution in [1.82, 2.24) is 4.57 Å². The minimum atomic E-state index is -0.987. The van der Waals surface area contributed by atoms with Crippen LogP contribution in [-0.2, 0) is 7.05 Å². The maximum Gasteiger partial charge on any atom is 0.337 e. The second kappa shape index (κ2) is 7.66. The molecule has 2 fully saturated rings. The Morgan fingerprint density at radius 2 is 1.88 bits per heavy atom. The molecule has 2 unspecified atom stereocenters. The van der Waals surface area contributed by atoms with E-state index in [4.69, 9.17) is 0 Å². The molecule has 1 aromatic heterocycles. The zero-order valence-electron chi connectivity index (χ0n) is 18.9. The van der Waals surface area contributed by atoms with Crippen molar-refractivity contribution >= 4 is 28.2 Å². The van der Waals surface area contributed by atoms with Gasteiger partial charge in [0.15, 0.2) is 0 Å². The van der Waals surface area contributed by atoms with Crippen LogP contribution in [0.1, 0.15) is 34.5 Å². The van der Waals surface area contributed by atoms with Gasteiger partial charge < -0.3 is 15.3 Å². The summed E-state index contributed by atoms with van der Waals surface area (Å²) in [6.07, 6.45) is 0. The number of hydrogen-bond donors (Lipinski definition) is 2. The zero-order valence-corrected chi connectivity index (χ0v) is 18.9. The van der Waals surface area contributed by atoms with Crippen LogP contribution in [0.3, 0.4) is 0 Å². The summed E-state index contributed by atoms with van der Waals surface area (Å²) < 4.78 is 1.70. The highest BCUT2D eigenvalue weighted by atomic mass is 16.4. The fraction of sp³-hybridized carbons (Fsp3) is 0.346. The molecule has 2 aliphatic rings. The number of aromatic nitrogens is 1. The van der Waals surface area contributed by atoms with E-state index in [0.29, 0.717) is 22.9 Å². The van der Waals surface area contributed by atoms with E-state index in [0.717, 1.165) is 35.4 Å². The number of pyridine rings is 1. The van der Waals surface area contributed by atoms with Gasteiger partial charge >= 0.3 is 5.97 Å². The van der Waals surface area contributed by atoms with Gasteiger partial charge in [0, 0.05) is 37.3 Å². The molecular formula is C26H26N4O3. The zero-order chi connectivity index (χ0) is 23.4. The lowest BCUT2D eigenvalue weighted by atomic mass is 9.97. The first-order valence-electron chi connectivity index (χ1n) is 11.2. The molecule has 168 valence electrons. The molecule has 0 radical (unpaired) electrons. The molecule has 7 nitrogen and oxygen atoms in total. The maximum atomic E-state index is 13.3. The van der Waals surface area contributed by atoms with Crippen molar-refractivity contribution in [2.24, 2.45) is 24.8 Å². The van der Waals surface area contributed by atoms with Crippen LogP contribution in [0.4, 0.5) is 11.5 Å². The highest BCUT2D eigenvalue weighted by Crippen LogP contribution is 2.52.